The highest BCUT2D eigenvalue weighted by atomic mass is 16.5. The number of aromatic nitrogens is 1. The maximum absolute atomic E-state index is 12.8. The van der Waals surface area contributed by atoms with E-state index < -0.39 is 0 Å². The van der Waals surface area contributed by atoms with Crippen molar-refractivity contribution in [3.8, 4) is 0 Å². The molecule has 120 valence electrons. The van der Waals surface area contributed by atoms with Gasteiger partial charge < -0.3 is 14.4 Å². The number of carbonyl (C=O) groups excluding carboxylic acids is 1. The first-order valence-corrected chi connectivity index (χ1v) is 8.01. The zero-order chi connectivity index (χ0) is 15.9. The van der Waals surface area contributed by atoms with E-state index in [9.17, 15) is 4.79 Å². The fourth-order valence-electron chi connectivity index (χ4n) is 3.65. The molecule has 2 aliphatic rings. The molecule has 0 N–H and O–H groups in total. The van der Waals surface area contributed by atoms with Gasteiger partial charge in [0, 0.05) is 31.7 Å². The van der Waals surface area contributed by atoms with Crippen LogP contribution in [0.2, 0.25) is 0 Å². The smallest absolute Gasteiger partial charge is 0.254 e. The molecule has 2 saturated heterocycles. The summed E-state index contributed by atoms with van der Waals surface area (Å²) in [5, 5.41) is 0.903. The van der Waals surface area contributed by atoms with E-state index in [4.69, 9.17) is 9.47 Å². The fourth-order valence-corrected chi connectivity index (χ4v) is 3.65. The minimum absolute atomic E-state index is 0.0531. The minimum atomic E-state index is -0.211. The lowest BCUT2D eigenvalue weighted by Gasteiger charge is -2.52. The van der Waals surface area contributed by atoms with E-state index in [1.807, 2.05) is 29.2 Å². The largest absolute Gasteiger partial charge is 0.381 e. The lowest BCUT2D eigenvalue weighted by molar-refractivity contribution is -0.181. The predicted octanol–water partition coefficient (Wildman–Crippen LogP) is 2.25. The van der Waals surface area contributed by atoms with Crippen LogP contribution >= 0.6 is 0 Å². The number of amides is 1. The number of para-hydroxylation sites is 1. The van der Waals surface area contributed by atoms with E-state index in [1.54, 1.807) is 19.4 Å². The van der Waals surface area contributed by atoms with Gasteiger partial charge in [-0.2, -0.15) is 0 Å². The van der Waals surface area contributed by atoms with Crippen LogP contribution in [0.25, 0.3) is 10.9 Å². The lowest BCUT2D eigenvalue weighted by atomic mass is 9.84. The van der Waals surface area contributed by atoms with Crippen molar-refractivity contribution in [1.29, 1.82) is 0 Å². The van der Waals surface area contributed by atoms with Crippen LogP contribution in [0.3, 0.4) is 0 Å². The van der Waals surface area contributed by atoms with Crippen LogP contribution in [0, 0.1) is 0 Å². The molecule has 0 bridgehead atoms. The van der Waals surface area contributed by atoms with Gasteiger partial charge in [-0.1, -0.05) is 18.2 Å². The van der Waals surface area contributed by atoms with Crippen molar-refractivity contribution in [2.45, 2.75) is 24.5 Å². The van der Waals surface area contributed by atoms with Crippen LogP contribution < -0.4 is 0 Å². The number of nitrogens with zero attached hydrogens (tertiary/aromatic N) is 2. The number of ether oxygens (including phenoxy) is 2. The third kappa shape index (κ3) is 2.50. The second kappa shape index (κ2) is 5.58. The monoisotopic (exact) mass is 312 g/mol. The Kier molecular flexibility index (Phi) is 3.54. The third-order valence-corrected chi connectivity index (χ3v) is 4.91. The molecule has 1 spiro atoms. The molecule has 2 aromatic rings. The van der Waals surface area contributed by atoms with Crippen molar-refractivity contribution in [3.05, 3.63) is 42.1 Å². The van der Waals surface area contributed by atoms with Crippen LogP contribution in [0.4, 0.5) is 0 Å². The van der Waals surface area contributed by atoms with Crippen molar-refractivity contribution >= 4 is 16.8 Å². The highest BCUT2D eigenvalue weighted by molar-refractivity contribution is 6.06. The first kappa shape index (κ1) is 14.6. The van der Waals surface area contributed by atoms with Crippen molar-refractivity contribution < 1.29 is 14.3 Å². The summed E-state index contributed by atoms with van der Waals surface area (Å²) in [6, 6.07) is 9.55. The van der Waals surface area contributed by atoms with Gasteiger partial charge in [-0.3, -0.25) is 9.78 Å². The molecule has 0 aliphatic carbocycles. The number of methoxy groups -OCH3 is 1. The van der Waals surface area contributed by atoms with Gasteiger partial charge in [-0.15, -0.1) is 0 Å². The van der Waals surface area contributed by atoms with E-state index >= 15 is 0 Å². The maximum Gasteiger partial charge on any atom is 0.254 e. The highest BCUT2D eigenvalue weighted by Gasteiger charge is 2.49. The van der Waals surface area contributed by atoms with E-state index in [-0.39, 0.29) is 17.6 Å². The molecular weight excluding hydrogens is 292 g/mol. The summed E-state index contributed by atoms with van der Waals surface area (Å²) in [7, 11) is 1.74. The average molecular weight is 312 g/mol. The second-order valence-electron chi connectivity index (χ2n) is 6.42. The van der Waals surface area contributed by atoms with Crippen LogP contribution in [0.1, 0.15) is 23.2 Å². The Morgan fingerprint density at radius 3 is 3.00 bits per heavy atom. The molecule has 1 atom stereocenters. The number of likely N-dealkylation sites (tertiary alicyclic amines) is 1. The van der Waals surface area contributed by atoms with Crippen LogP contribution in [-0.2, 0) is 9.47 Å². The van der Waals surface area contributed by atoms with Gasteiger partial charge in [0.05, 0.1) is 30.3 Å². The summed E-state index contributed by atoms with van der Waals surface area (Å²) in [5.41, 5.74) is 1.35. The van der Waals surface area contributed by atoms with E-state index in [2.05, 4.69) is 4.98 Å². The van der Waals surface area contributed by atoms with E-state index in [0.29, 0.717) is 25.3 Å². The predicted molar refractivity (Wildman–Crippen MR) is 86.4 cm³/mol. The number of fused-ring (bicyclic) bond motifs is 1. The number of pyridine rings is 1. The zero-order valence-electron chi connectivity index (χ0n) is 13.2. The molecule has 2 fully saturated rings. The number of carbonyl (C=O) groups is 1. The summed E-state index contributed by atoms with van der Waals surface area (Å²) >= 11 is 0. The number of benzene rings is 1. The number of rotatable bonds is 2. The van der Waals surface area contributed by atoms with Crippen molar-refractivity contribution in [1.82, 2.24) is 9.88 Å². The Bertz CT molecular complexity index is 735. The van der Waals surface area contributed by atoms with Crippen LogP contribution in [0.5, 0.6) is 0 Å². The Labute approximate surface area is 135 Å². The van der Waals surface area contributed by atoms with Gasteiger partial charge in [0.15, 0.2) is 0 Å². The molecule has 0 unspecified atom stereocenters. The molecule has 0 saturated carbocycles. The third-order valence-electron chi connectivity index (χ3n) is 4.91. The lowest BCUT2D eigenvalue weighted by Crippen LogP contribution is -2.67. The summed E-state index contributed by atoms with van der Waals surface area (Å²) in [6.45, 7) is 1.99. The van der Waals surface area contributed by atoms with E-state index in [0.717, 1.165) is 23.7 Å². The van der Waals surface area contributed by atoms with Gasteiger partial charge in [0.2, 0.25) is 0 Å². The first-order chi connectivity index (χ1) is 11.2. The van der Waals surface area contributed by atoms with Gasteiger partial charge in [0.25, 0.3) is 5.91 Å². The summed E-state index contributed by atoms with van der Waals surface area (Å²) in [6.07, 6.45) is 3.73. The summed E-state index contributed by atoms with van der Waals surface area (Å²) in [5.74, 6) is 0.0531. The number of hydrogen-bond acceptors (Lipinski definition) is 4. The van der Waals surface area contributed by atoms with Gasteiger partial charge in [-0.25, -0.2) is 0 Å². The second-order valence-corrected chi connectivity index (χ2v) is 6.42. The molecule has 23 heavy (non-hydrogen) atoms. The number of hydrogen-bond donors (Lipinski definition) is 0. The van der Waals surface area contributed by atoms with Gasteiger partial charge in [0.1, 0.15) is 5.60 Å². The quantitative estimate of drug-likeness (QED) is 0.853. The summed E-state index contributed by atoms with van der Waals surface area (Å²) in [4.78, 5) is 19.0. The van der Waals surface area contributed by atoms with E-state index in [1.165, 1.54) is 0 Å². The topological polar surface area (TPSA) is 51.7 Å². The molecule has 1 aromatic heterocycles. The Morgan fingerprint density at radius 1 is 1.35 bits per heavy atom. The molecule has 4 rings (SSSR count). The Balaban J connectivity index is 1.53. The molecule has 1 aromatic carbocycles. The molecule has 0 radical (unpaired) electrons. The molecule has 2 aliphatic heterocycles. The maximum atomic E-state index is 12.8. The molecular formula is C18H20N2O3. The standard InChI is InChI=1S/C18H20N2O3/c1-22-13-7-9-23-18(10-13)11-20(12-18)17(21)15-6-8-19-16-5-3-2-4-14(15)16/h2-6,8,13H,7,9-12H2,1H3/t13-/m0/s1. The highest BCUT2D eigenvalue weighted by Crippen LogP contribution is 2.36. The minimum Gasteiger partial charge on any atom is -0.381 e. The first-order valence-electron chi connectivity index (χ1n) is 8.01. The normalized spacial score (nSPS) is 23.0. The van der Waals surface area contributed by atoms with Gasteiger partial charge >= 0.3 is 0 Å². The SMILES string of the molecule is CO[C@H]1CCOC2(C1)CN(C(=O)c1ccnc3ccccc13)C2. The Hall–Kier alpha value is -1.98. The zero-order valence-corrected chi connectivity index (χ0v) is 13.2. The molecule has 1 amide bonds. The molecule has 3 heterocycles. The molecule has 5 nitrogen and oxygen atoms in total. The van der Waals surface area contributed by atoms with Crippen molar-refractivity contribution in [2.75, 3.05) is 26.8 Å². The molecule has 5 heteroatoms. The van der Waals surface area contributed by atoms with Crippen molar-refractivity contribution in [3.63, 3.8) is 0 Å². The van der Waals surface area contributed by atoms with Crippen molar-refractivity contribution in [2.24, 2.45) is 0 Å². The van der Waals surface area contributed by atoms with Crippen LogP contribution in [0.15, 0.2) is 36.5 Å². The van der Waals surface area contributed by atoms with Crippen LogP contribution in [-0.4, -0.2) is 54.3 Å². The Morgan fingerprint density at radius 2 is 2.17 bits per heavy atom. The summed E-state index contributed by atoms with van der Waals surface area (Å²) < 4.78 is 11.4. The average Bonchev–Trinajstić information content (AvgIpc) is 2.58. The fraction of sp³-hybridized carbons (Fsp3) is 0.444. The van der Waals surface area contributed by atoms with Gasteiger partial charge in [-0.05, 0) is 18.6 Å².